The molecular formula is C29H30F2N6O4. The predicted octanol–water partition coefficient (Wildman–Crippen LogP) is 6.17. The molecule has 4 rings (SSSR count). The Bertz CT molecular complexity index is 1560. The second-order valence-electron chi connectivity index (χ2n) is 10.2. The van der Waals surface area contributed by atoms with E-state index in [1.54, 1.807) is 10.7 Å². The van der Waals surface area contributed by atoms with E-state index in [1.807, 2.05) is 52.0 Å². The first-order chi connectivity index (χ1) is 19.4. The first-order valence-corrected chi connectivity index (χ1v) is 12.6. The molecule has 3 N–H and O–H groups in total. The number of methoxy groups -OCH3 is 1. The maximum absolute atomic E-state index is 14.9. The molecule has 2 heterocycles. The molecule has 0 aliphatic carbocycles. The number of aryl methyl sites for hydroxylation is 1. The zero-order valence-corrected chi connectivity index (χ0v) is 23.2. The first kappa shape index (κ1) is 29.2. The molecule has 0 bridgehead atoms. The van der Waals surface area contributed by atoms with Crippen molar-refractivity contribution in [3.63, 3.8) is 0 Å². The maximum Gasteiger partial charge on any atom is 0.324 e. The number of benzene rings is 2. The van der Waals surface area contributed by atoms with Gasteiger partial charge in [-0.05, 0) is 37.3 Å². The summed E-state index contributed by atoms with van der Waals surface area (Å²) in [5, 5.41) is 12.4. The molecule has 12 heteroatoms. The average Bonchev–Trinajstić information content (AvgIpc) is 3.33. The van der Waals surface area contributed by atoms with Crippen LogP contribution >= 0.6 is 0 Å². The summed E-state index contributed by atoms with van der Waals surface area (Å²) in [6.07, 6.45) is 1.31. The smallest absolute Gasteiger partial charge is 0.324 e. The van der Waals surface area contributed by atoms with E-state index in [0.29, 0.717) is 5.82 Å². The predicted molar refractivity (Wildman–Crippen MR) is 151 cm³/mol. The normalized spacial score (nSPS) is 11.2. The van der Waals surface area contributed by atoms with Crippen LogP contribution in [0.5, 0.6) is 11.5 Å². The lowest BCUT2D eigenvalue weighted by molar-refractivity contribution is -0.119. The summed E-state index contributed by atoms with van der Waals surface area (Å²) in [5.41, 5.74) is 2.08. The Balaban J connectivity index is 1.59. The number of nitrogens with one attached hydrogen (secondary N) is 3. The molecule has 0 aliphatic heterocycles. The van der Waals surface area contributed by atoms with E-state index in [9.17, 15) is 18.4 Å². The maximum atomic E-state index is 14.9. The van der Waals surface area contributed by atoms with Crippen molar-refractivity contribution in [1.29, 1.82) is 0 Å². The summed E-state index contributed by atoms with van der Waals surface area (Å²) in [6.45, 7) is 7.76. The molecule has 2 aromatic carbocycles. The van der Waals surface area contributed by atoms with E-state index in [4.69, 9.17) is 9.47 Å². The SMILES string of the molecule is COCC(=O)Nc1cc(Oc2c(NC(=O)Nc3cc(C(C)(C)C)nn3-c3ccc(C)cc3)ccc(F)c2F)ccn1. The number of amides is 3. The molecule has 41 heavy (non-hydrogen) atoms. The highest BCUT2D eigenvalue weighted by molar-refractivity contribution is 6.00. The molecule has 3 amide bonds. The number of pyridine rings is 1. The molecule has 2 aromatic heterocycles. The summed E-state index contributed by atoms with van der Waals surface area (Å²) >= 11 is 0. The van der Waals surface area contributed by atoms with Gasteiger partial charge in [-0.25, -0.2) is 18.9 Å². The summed E-state index contributed by atoms with van der Waals surface area (Å²) < 4.78 is 41.1. The second-order valence-corrected chi connectivity index (χ2v) is 10.2. The van der Waals surface area contributed by atoms with E-state index >= 15 is 0 Å². The van der Waals surface area contributed by atoms with Crippen molar-refractivity contribution in [2.24, 2.45) is 0 Å². The Kier molecular flexibility index (Phi) is 8.62. The van der Waals surface area contributed by atoms with Crippen LogP contribution in [0.1, 0.15) is 32.0 Å². The van der Waals surface area contributed by atoms with Crippen LogP contribution < -0.4 is 20.7 Å². The summed E-state index contributed by atoms with van der Waals surface area (Å²) in [4.78, 5) is 28.9. The quantitative estimate of drug-likeness (QED) is 0.235. The number of ether oxygens (including phenoxy) is 2. The lowest BCUT2D eigenvalue weighted by Gasteiger charge is -2.15. The van der Waals surface area contributed by atoms with Crippen molar-refractivity contribution in [1.82, 2.24) is 14.8 Å². The second kappa shape index (κ2) is 12.1. The highest BCUT2D eigenvalue weighted by atomic mass is 19.2. The van der Waals surface area contributed by atoms with Gasteiger partial charge in [-0.3, -0.25) is 10.1 Å². The van der Waals surface area contributed by atoms with Gasteiger partial charge in [0.2, 0.25) is 5.82 Å². The van der Waals surface area contributed by atoms with E-state index < -0.39 is 29.3 Å². The number of anilines is 3. The minimum Gasteiger partial charge on any atom is -0.452 e. The van der Waals surface area contributed by atoms with Crippen LogP contribution in [-0.2, 0) is 14.9 Å². The van der Waals surface area contributed by atoms with Crippen molar-refractivity contribution in [2.45, 2.75) is 33.1 Å². The fourth-order valence-electron chi connectivity index (χ4n) is 3.69. The topological polar surface area (TPSA) is 119 Å². The lowest BCUT2D eigenvalue weighted by atomic mass is 9.92. The van der Waals surface area contributed by atoms with Crippen molar-refractivity contribution in [3.8, 4) is 17.2 Å². The van der Waals surface area contributed by atoms with Crippen molar-refractivity contribution >= 4 is 29.3 Å². The average molecular weight is 565 g/mol. The van der Waals surface area contributed by atoms with Crippen LogP contribution in [0.25, 0.3) is 5.69 Å². The van der Waals surface area contributed by atoms with Gasteiger partial charge < -0.3 is 20.1 Å². The Labute approximate surface area is 235 Å². The monoisotopic (exact) mass is 564 g/mol. The number of aromatic nitrogens is 3. The number of halogens is 2. The molecular weight excluding hydrogens is 534 g/mol. The number of carbonyl (C=O) groups is 2. The van der Waals surface area contributed by atoms with Gasteiger partial charge in [0.25, 0.3) is 5.91 Å². The first-order valence-electron chi connectivity index (χ1n) is 12.6. The minimum absolute atomic E-state index is 0.0351. The third kappa shape index (κ3) is 7.22. The fourth-order valence-corrected chi connectivity index (χ4v) is 3.69. The van der Waals surface area contributed by atoms with E-state index in [0.717, 1.165) is 23.0 Å². The van der Waals surface area contributed by atoms with Gasteiger partial charge in [0.1, 0.15) is 24.0 Å². The van der Waals surface area contributed by atoms with E-state index in [1.165, 1.54) is 31.5 Å². The molecule has 0 saturated heterocycles. The van der Waals surface area contributed by atoms with Crippen molar-refractivity contribution in [3.05, 3.63) is 83.7 Å². The van der Waals surface area contributed by atoms with E-state index in [2.05, 4.69) is 26.0 Å². The van der Waals surface area contributed by atoms with Crippen LogP contribution in [-0.4, -0.2) is 40.4 Å². The van der Waals surface area contributed by atoms with Crippen molar-refractivity contribution < 1.29 is 27.8 Å². The third-order valence-corrected chi connectivity index (χ3v) is 5.79. The molecule has 0 saturated carbocycles. The van der Waals surface area contributed by atoms with Crippen molar-refractivity contribution in [2.75, 3.05) is 29.7 Å². The van der Waals surface area contributed by atoms with Crippen LogP contribution in [0.15, 0.2) is 60.8 Å². The summed E-state index contributed by atoms with van der Waals surface area (Å²) in [5.74, 6) is -3.02. The lowest BCUT2D eigenvalue weighted by Crippen LogP contribution is -2.22. The Hall–Kier alpha value is -4.84. The van der Waals surface area contributed by atoms with Gasteiger partial charge in [-0.15, -0.1) is 0 Å². The zero-order chi connectivity index (χ0) is 29.7. The van der Waals surface area contributed by atoms with Crippen LogP contribution in [0.2, 0.25) is 0 Å². The van der Waals surface area contributed by atoms with Gasteiger partial charge in [0, 0.05) is 30.9 Å². The molecule has 0 fully saturated rings. The highest BCUT2D eigenvalue weighted by Crippen LogP contribution is 2.35. The molecule has 0 atom stereocenters. The van der Waals surface area contributed by atoms with E-state index in [-0.39, 0.29) is 29.3 Å². The van der Waals surface area contributed by atoms with Crippen LogP contribution in [0, 0.1) is 18.6 Å². The number of hydrogen-bond donors (Lipinski definition) is 3. The Morgan fingerprint density at radius 3 is 2.39 bits per heavy atom. The van der Waals surface area contributed by atoms with Gasteiger partial charge in [-0.2, -0.15) is 9.49 Å². The van der Waals surface area contributed by atoms with Gasteiger partial charge in [0.05, 0.1) is 17.1 Å². The number of nitrogens with zero attached hydrogens (tertiary/aromatic N) is 3. The molecule has 0 radical (unpaired) electrons. The number of rotatable bonds is 8. The Morgan fingerprint density at radius 1 is 0.976 bits per heavy atom. The summed E-state index contributed by atoms with van der Waals surface area (Å²) in [7, 11) is 1.36. The molecule has 10 nitrogen and oxygen atoms in total. The number of carbonyl (C=O) groups excluding carboxylic acids is 2. The fraction of sp³-hybridized carbons (Fsp3) is 0.241. The largest absolute Gasteiger partial charge is 0.452 e. The number of urea groups is 1. The molecule has 0 unspecified atom stereocenters. The van der Waals surface area contributed by atoms with Crippen LogP contribution in [0.4, 0.5) is 30.9 Å². The standard InChI is InChI=1S/C29H30F2N6O4/c1-17-6-8-18(9-7-17)37-24(15-22(36-37)29(2,3)4)35-28(39)33-21-11-10-20(30)26(31)27(21)41-19-12-13-32-23(14-19)34-25(38)16-40-5/h6-15H,16H2,1-5H3,(H,32,34,38)(H2,33,35,39). The van der Waals surface area contributed by atoms with Gasteiger partial charge in [-0.1, -0.05) is 38.5 Å². The zero-order valence-electron chi connectivity index (χ0n) is 23.2. The molecule has 0 spiro atoms. The summed E-state index contributed by atoms with van der Waals surface area (Å²) in [6, 6.07) is 13.4. The van der Waals surface area contributed by atoms with Gasteiger partial charge >= 0.3 is 6.03 Å². The number of hydrogen-bond acceptors (Lipinski definition) is 6. The van der Waals surface area contributed by atoms with Gasteiger partial charge in [0.15, 0.2) is 11.6 Å². The molecule has 0 aliphatic rings. The molecule has 4 aromatic rings. The van der Waals surface area contributed by atoms with Crippen LogP contribution in [0.3, 0.4) is 0 Å². The Morgan fingerprint density at radius 2 is 1.71 bits per heavy atom. The highest BCUT2D eigenvalue weighted by Gasteiger charge is 2.23. The molecule has 214 valence electrons. The third-order valence-electron chi connectivity index (χ3n) is 5.79. The minimum atomic E-state index is -1.32.